The average Bonchev–Trinajstić information content (AvgIpc) is 4.01. The van der Waals surface area contributed by atoms with Crippen molar-refractivity contribution in [3.8, 4) is 44.5 Å². The van der Waals surface area contributed by atoms with E-state index in [-0.39, 0.29) is 0 Å². The van der Waals surface area contributed by atoms with E-state index in [1.54, 1.807) is 0 Å². The van der Waals surface area contributed by atoms with Gasteiger partial charge in [0.1, 0.15) is 0 Å². The molecule has 0 radical (unpaired) electrons. The largest absolute Gasteiger partial charge is 0.354 e. The molecule has 7 nitrogen and oxygen atoms in total. The SMILES string of the molecule is O=NNc1cc2[nH]c1c(-c1ccccc1)c1nc(c(-c3ccccc3)c3ccc([nH]3)c(-c3ccccc3)c3nc(c2-c2ccccc2)C=C3)C=C1. The van der Waals surface area contributed by atoms with E-state index in [1.807, 2.05) is 97.1 Å². The Morgan fingerprint density at radius 3 is 1.22 bits per heavy atom. The number of nitrogens with zero attached hydrogens (tertiary/aromatic N) is 3. The number of rotatable bonds is 6. The Morgan fingerprint density at radius 2 is 0.804 bits per heavy atom. The number of benzene rings is 4. The molecule has 0 aliphatic carbocycles. The van der Waals surface area contributed by atoms with Crippen molar-refractivity contribution < 1.29 is 0 Å². The van der Waals surface area contributed by atoms with E-state index in [1.165, 1.54) is 0 Å². The third kappa shape index (κ3) is 5.43. The summed E-state index contributed by atoms with van der Waals surface area (Å²) in [5, 5.41) is 3.13. The maximum absolute atomic E-state index is 11.9. The third-order valence-corrected chi connectivity index (χ3v) is 9.28. The van der Waals surface area contributed by atoms with Crippen molar-refractivity contribution in [3.63, 3.8) is 0 Å². The number of aromatic amines is 2. The van der Waals surface area contributed by atoms with Crippen LogP contribution in [0, 0.1) is 4.91 Å². The molecule has 2 aliphatic rings. The molecule has 0 spiro atoms. The van der Waals surface area contributed by atoms with Crippen LogP contribution in [0.3, 0.4) is 0 Å². The molecule has 51 heavy (non-hydrogen) atoms. The lowest BCUT2D eigenvalue weighted by Gasteiger charge is -2.07. The van der Waals surface area contributed by atoms with Gasteiger partial charge in [0.05, 0.1) is 44.8 Å². The topological polar surface area (TPSA) is 98.8 Å². The minimum Gasteiger partial charge on any atom is -0.354 e. The van der Waals surface area contributed by atoms with Crippen molar-refractivity contribution in [3.05, 3.63) is 167 Å². The summed E-state index contributed by atoms with van der Waals surface area (Å²) in [6.07, 6.45) is 8.22. The monoisotopic (exact) mass is 658 g/mol. The van der Waals surface area contributed by atoms with Gasteiger partial charge < -0.3 is 9.97 Å². The molecule has 0 saturated carbocycles. The van der Waals surface area contributed by atoms with Gasteiger partial charge in [0.15, 0.2) is 0 Å². The summed E-state index contributed by atoms with van der Waals surface area (Å²) in [6, 6.07) is 47.1. The average molecular weight is 659 g/mol. The maximum Gasteiger partial charge on any atom is 0.0857 e. The van der Waals surface area contributed by atoms with E-state index in [0.29, 0.717) is 11.2 Å². The minimum atomic E-state index is 0.533. The lowest BCUT2D eigenvalue weighted by molar-refractivity contribution is 1.31. The van der Waals surface area contributed by atoms with E-state index < -0.39 is 0 Å². The molecule has 3 aromatic heterocycles. The van der Waals surface area contributed by atoms with Crippen LogP contribution < -0.4 is 5.43 Å². The Balaban J connectivity index is 1.52. The first-order valence-corrected chi connectivity index (χ1v) is 16.8. The van der Waals surface area contributed by atoms with Crippen LogP contribution in [0.15, 0.2) is 145 Å². The van der Waals surface area contributed by atoms with Crippen molar-refractivity contribution in [1.29, 1.82) is 0 Å². The van der Waals surface area contributed by atoms with Crippen molar-refractivity contribution in [2.24, 2.45) is 5.29 Å². The Morgan fingerprint density at radius 1 is 0.431 bits per heavy atom. The third-order valence-electron chi connectivity index (χ3n) is 9.28. The fourth-order valence-corrected chi connectivity index (χ4v) is 7.06. The standard InChI is InChI=1S/C44H30N6O/c51-50-49-39-27-38-42(30-17-9-3-10-18-30)36-24-23-34(46-36)40(28-13-5-1-6-14-28)32-21-22-33(45-32)41(29-15-7-2-8-16-29)35-25-26-37(47-35)43(44(39)48-38)31-19-11-4-12-20-31/h1-27,45,48H,(H,49,51). The molecule has 9 rings (SSSR count). The van der Waals surface area contributed by atoms with Crippen LogP contribution in [-0.4, -0.2) is 19.9 Å². The molecule has 8 bridgehead atoms. The molecule has 4 aromatic carbocycles. The van der Waals surface area contributed by atoms with E-state index in [4.69, 9.17) is 9.97 Å². The normalized spacial score (nSPS) is 11.8. The number of hydrogen-bond donors (Lipinski definition) is 3. The highest BCUT2D eigenvalue weighted by atomic mass is 16.3. The molecule has 0 atom stereocenters. The summed E-state index contributed by atoms with van der Waals surface area (Å²) in [6.45, 7) is 0. The van der Waals surface area contributed by atoms with E-state index in [2.05, 4.69) is 87.4 Å². The lowest BCUT2D eigenvalue weighted by atomic mass is 10.0. The Kier molecular flexibility index (Phi) is 7.48. The van der Waals surface area contributed by atoms with Crippen molar-refractivity contribution in [2.75, 3.05) is 5.43 Å². The predicted octanol–water partition coefficient (Wildman–Crippen LogP) is 11.4. The maximum atomic E-state index is 11.9. The van der Waals surface area contributed by atoms with Crippen molar-refractivity contribution in [2.45, 2.75) is 0 Å². The van der Waals surface area contributed by atoms with E-state index in [9.17, 15) is 4.91 Å². The summed E-state index contributed by atoms with van der Waals surface area (Å²) in [4.78, 5) is 30.0. The Hall–Kier alpha value is -7.12. The van der Waals surface area contributed by atoms with Gasteiger partial charge in [0, 0.05) is 33.3 Å². The molecule has 0 saturated heterocycles. The molecule has 242 valence electrons. The first-order valence-electron chi connectivity index (χ1n) is 16.8. The van der Waals surface area contributed by atoms with Crippen molar-refractivity contribution >= 4 is 52.1 Å². The van der Waals surface area contributed by atoms with Crippen LogP contribution in [0.5, 0.6) is 0 Å². The molecule has 0 fully saturated rings. The first kappa shape index (κ1) is 30.0. The zero-order valence-electron chi connectivity index (χ0n) is 27.3. The molecular formula is C44H30N6O. The van der Waals surface area contributed by atoms with Gasteiger partial charge in [0.2, 0.25) is 0 Å². The quantitative estimate of drug-likeness (QED) is 0.122. The summed E-state index contributed by atoms with van der Waals surface area (Å²) in [7, 11) is 0. The number of nitrogens with one attached hydrogen (secondary N) is 3. The smallest absolute Gasteiger partial charge is 0.0857 e. The molecule has 5 heterocycles. The molecule has 2 aliphatic heterocycles. The summed E-state index contributed by atoms with van der Waals surface area (Å²) >= 11 is 0. The number of aromatic nitrogens is 4. The van der Waals surface area contributed by atoms with Gasteiger partial charge in [-0.1, -0.05) is 121 Å². The van der Waals surface area contributed by atoms with Crippen LogP contribution in [-0.2, 0) is 0 Å². The molecule has 3 N–H and O–H groups in total. The van der Waals surface area contributed by atoms with Gasteiger partial charge in [-0.2, -0.15) is 0 Å². The summed E-state index contributed by atoms with van der Waals surface area (Å²) in [5.41, 5.74) is 17.4. The second-order valence-electron chi connectivity index (χ2n) is 12.4. The van der Waals surface area contributed by atoms with Crippen LogP contribution in [0.1, 0.15) is 22.8 Å². The zero-order valence-corrected chi connectivity index (χ0v) is 27.3. The second-order valence-corrected chi connectivity index (χ2v) is 12.4. The Bertz CT molecular complexity index is 2660. The van der Waals surface area contributed by atoms with Crippen molar-refractivity contribution in [1.82, 2.24) is 19.9 Å². The highest BCUT2D eigenvalue weighted by Gasteiger charge is 2.20. The van der Waals surface area contributed by atoms with Crippen LogP contribution >= 0.6 is 0 Å². The molecule has 0 amide bonds. The van der Waals surface area contributed by atoms with Crippen LogP contribution in [0.4, 0.5) is 5.69 Å². The van der Waals surface area contributed by atoms with Gasteiger partial charge in [-0.25, -0.2) is 15.4 Å². The second kappa shape index (κ2) is 12.7. The molecule has 7 aromatic rings. The van der Waals surface area contributed by atoms with Crippen LogP contribution in [0.25, 0.3) is 90.9 Å². The van der Waals surface area contributed by atoms with E-state index >= 15 is 0 Å². The molecule has 0 unspecified atom stereocenters. The summed E-state index contributed by atoms with van der Waals surface area (Å²) in [5.74, 6) is 0. The zero-order chi connectivity index (χ0) is 34.1. The van der Waals surface area contributed by atoms with E-state index in [0.717, 1.165) is 83.8 Å². The minimum absolute atomic E-state index is 0.533. The molecular weight excluding hydrogens is 629 g/mol. The number of anilines is 1. The number of hydrogen-bond acceptors (Lipinski definition) is 4. The number of nitroso groups, excluding NO2 is 1. The van der Waals surface area contributed by atoms with Crippen LogP contribution in [0.2, 0.25) is 0 Å². The Labute approximate surface area is 293 Å². The fourth-order valence-electron chi connectivity index (χ4n) is 7.06. The highest BCUT2D eigenvalue weighted by Crippen LogP contribution is 2.40. The van der Waals surface area contributed by atoms with Gasteiger partial charge >= 0.3 is 0 Å². The number of fused-ring (bicyclic) bond motifs is 8. The predicted molar refractivity (Wildman–Crippen MR) is 210 cm³/mol. The van der Waals surface area contributed by atoms with Gasteiger partial charge in [0.25, 0.3) is 0 Å². The van der Waals surface area contributed by atoms with Gasteiger partial charge in [-0.05, 0) is 64.8 Å². The lowest BCUT2D eigenvalue weighted by Crippen LogP contribution is -1.90. The number of H-pyrrole nitrogens is 2. The molecule has 7 heteroatoms. The fraction of sp³-hybridized carbons (Fsp3) is 0. The first-order chi connectivity index (χ1) is 25.2. The van der Waals surface area contributed by atoms with Gasteiger partial charge in [-0.3, -0.25) is 0 Å². The summed E-state index contributed by atoms with van der Waals surface area (Å²) < 4.78 is 0. The highest BCUT2D eigenvalue weighted by molar-refractivity contribution is 6.03. The van der Waals surface area contributed by atoms with Gasteiger partial charge in [-0.15, -0.1) is 4.91 Å².